The molecule has 74 valence electrons. The van der Waals surface area contributed by atoms with Crippen molar-refractivity contribution in [1.82, 2.24) is 0 Å². The molecule has 1 aliphatic carbocycles. The summed E-state index contributed by atoms with van der Waals surface area (Å²) >= 11 is 0. The van der Waals surface area contributed by atoms with Gasteiger partial charge in [-0.1, -0.05) is 38.5 Å². The maximum Gasteiger partial charge on any atom is 0.111 e. The summed E-state index contributed by atoms with van der Waals surface area (Å²) in [5.74, 6) is 0.883. The highest BCUT2D eigenvalue weighted by Gasteiger charge is 2.20. The molecule has 0 bridgehead atoms. The Morgan fingerprint density at radius 2 is 1.77 bits per heavy atom. The number of halogens is 1. The first-order valence-electron chi connectivity index (χ1n) is 5.14. The van der Waals surface area contributed by atoms with E-state index in [-0.39, 0.29) is 6.67 Å². The number of hydrogen-bond donors (Lipinski definition) is 0. The maximum atomic E-state index is 12.6. The molecule has 0 heterocycles. The SMILES string of the molecule is CCC1=CCC=C(CF)C(C)C1C. The highest BCUT2D eigenvalue weighted by Crippen LogP contribution is 2.31. The third-order valence-electron chi connectivity index (χ3n) is 3.24. The average Bonchev–Trinajstić information content (AvgIpc) is 2.28. The molecule has 0 spiro atoms. The van der Waals surface area contributed by atoms with Crippen LogP contribution in [0.25, 0.3) is 0 Å². The first-order valence-corrected chi connectivity index (χ1v) is 5.14. The molecule has 0 aromatic rings. The molecule has 0 aliphatic heterocycles. The topological polar surface area (TPSA) is 0 Å². The molecule has 0 radical (unpaired) electrons. The average molecular weight is 182 g/mol. The van der Waals surface area contributed by atoms with Crippen molar-refractivity contribution in [2.45, 2.75) is 33.6 Å². The van der Waals surface area contributed by atoms with Crippen LogP contribution in [0.2, 0.25) is 0 Å². The summed E-state index contributed by atoms with van der Waals surface area (Å²) in [7, 11) is 0. The van der Waals surface area contributed by atoms with E-state index in [2.05, 4.69) is 26.8 Å². The summed E-state index contributed by atoms with van der Waals surface area (Å²) in [6.07, 6.45) is 6.31. The molecule has 1 rings (SSSR count). The zero-order chi connectivity index (χ0) is 9.84. The van der Waals surface area contributed by atoms with Gasteiger partial charge in [-0.2, -0.15) is 0 Å². The molecule has 0 saturated carbocycles. The minimum atomic E-state index is -0.281. The van der Waals surface area contributed by atoms with Crippen LogP contribution in [0.3, 0.4) is 0 Å². The zero-order valence-corrected chi connectivity index (χ0v) is 8.81. The van der Waals surface area contributed by atoms with Crippen molar-refractivity contribution in [1.29, 1.82) is 0 Å². The highest BCUT2D eigenvalue weighted by molar-refractivity contribution is 5.21. The Labute approximate surface area is 80.5 Å². The molecule has 2 atom stereocenters. The third kappa shape index (κ3) is 2.20. The maximum absolute atomic E-state index is 12.6. The second kappa shape index (κ2) is 4.59. The Kier molecular flexibility index (Phi) is 3.71. The molecule has 0 saturated heterocycles. The quantitative estimate of drug-likeness (QED) is 0.568. The van der Waals surface area contributed by atoms with Crippen LogP contribution in [-0.2, 0) is 0 Å². The smallest absolute Gasteiger partial charge is 0.111 e. The molecule has 13 heavy (non-hydrogen) atoms. The summed E-state index contributed by atoms with van der Waals surface area (Å²) in [6, 6.07) is 0. The summed E-state index contributed by atoms with van der Waals surface area (Å²) in [4.78, 5) is 0. The molecule has 0 amide bonds. The van der Waals surface area contributed by atoms with Gasteiger partial charge in [-0.25, -0.2) is 4.39 Å². The van der Waals surface area contributed by atoms with Crippen LogP contribution in [-0.4, -0.2) is 6.67 Å². The third-order valence-corrected chi connectivity index (χ3v) is 3.24. The van der Waals surface area contributed by atoms with Crippen molar-refractivity contribution in [2.75, 3.05) is 6.67 Å². The van der Waals surface area contributed by atoms with Crippen LogP contribution in [0, 0.1) is 11.8 Å². The van der Waals surface area contributed by atoms with E-state index >= 15 is 0 Å². The van der Waals surface area contributed by atoms with Crippen molar-refractivity contribution in [3.05, 3.63) is 23.3 Å². The van der Waals surface area contributed by atoms with Gasteiger partial charge in [0.15, 0.2) is 0 Å². The van der Waals surface area contributed by atoms with Crippen molar-refractivity contribution in [3.8, 4) is 0 Å². The monoisotopic (exact) mass is 182 g/mol. The molecule has 0 N–H and O–H groups in total. The molecule has 1 heteroatoms. The first-order chi connectivity index (χ1) is 6.20. The summed E-state index contributed by atoms with van der Waals surface area (Å²) < 4.78 is 12.6. The van der Waals surface area contributed by atoms with Gasteiger partial charge in [0.2, 0.25) is 0 Å². The summed E-state index contributed by atoms with van der Waals surface area (Å²) in [6.45, 7) is 6.23. The predicted octanol–water partition coefficient (Wildman–Crippen LogP) is 3.89. The lowest BCUT2D eigenvalue weighted by atomic mass is 9.84. The van der Waals surface area contributed by atoms with Gasteiger partial charge in [0.05, 0.1) is 0 Å². The van der Waals surface area contributed by atoms with E-state index in [1.54, 1.807) is 0 Å². The highest BCUT2D eigenvalue weighted by atomic mass is 19.1. The van der Waals surface area contributed by atoms with Crippen LogP contribution < -0.4 is 0 Å². The van der Waals surface area contributed by atoms with Crippen LogP contribution in [0.1, 0.15) is 33.6 Å². The van der Waals surface area contributed by atoms with E-state index in [4.69, 9.17) is 0 Å². The first kappa shape index (κ1) is 10.5. The van der Waals surface area contributed by atoms with Crippen LogP contribution >= 0.6 is 0 Å². The minimum Gasteiger partial charge on any atom is -0.246 e. The Hall–Kier alpha value is -0.590. The predicted molar refractivity (Wildman–Crippen MR) is 55.4 cm³/mol. The van der Waals surface area contributed by atoms with Gasteiger partial charge in [0.25, 0.3) is 0 Å². The normalized spacial score (nSPS) is 29.2. The van der Waals surface area contributed by atoms with Crippen LogP contribution in [0.15, 0.2) is 23.3 Å². The van der Waals surface area contributed by atoms with Crippen molar-refractivity contribution in [3.63, 3.8) is 0 Å². The van der Waals surface area contributed by atoms with E-state index in [1.807, 2.05) is 6.08 Å². The number of hydrogen-bond acceptors (Lipinski definition) is 0. The van der Waals surface area contributed by atoms with Crippen molar-refractivity contribution in [2.24, 2.45) is 11.8 Å². The molecule has 2 unspecified atom stereocenters. The summed E-state index contributed by atoms with van der Waals surface area (Å²) in [5.41, 5.74) is 2.46. The minimum absolute atomic E-state index is 0.281. The van der Waals surface area contributed by atoms with Crippen molar-refractivity contribution >= 4 is 0 Å². The molecular formula is C12H19F. The van der Waals surface area contributed by atoms with E-state index in [9.17, 15) is 4.39 Å². The van der Waals surface area contributed by atoms with E-state index in [0.29, 0.717) is 11.8 Å². The number of alkyl halides is 1. The lowest BCUT2D eigenvalue weighted by molar-refractivity contribution is 0.436. The summed E-state index contributed by atoms with van der Waals surface area (Å²) in [5, 5.41) is 0. The fourth-order valence-electron chi connectivity index (χ4n) is 2.02. The van der Waals surface area contributed by atoms with Gasteiger partial charge in [0.1, 0.15) is 6.67 Å². The number of rotatable bonds is 2. The fraction of sp³-hybridized carbons (Fsp3) is 0.667. The molecule has 0 aromatic heterocycles. The standard InChI is InChI=1S/C12H19F/c1-4-11-6-5-7-12(8-13)10(3)9(11)2/h6-7,9-10H,4-5,8H2,1-3H3. The van der Waals surface area contributed by atoms with Crippen LogP contribution in [0.5, 0.6) is 0 Å². The second-order valence-corrected chi connectivity index (χ2v) is 3.86. The van der Waals surface area contributed by atoms with Gasteiger partial charge >= 0.3 is 0 Å². The molecular weight excluding hydrogens is 163 g/mol. The van der Waals surface area contributed by atoms with E-state index < -0.39 is 0 Å². The lowest BCUT2D eigenvalue weighted by Gasteiger charge is -2.21. The van der Waals surface area contributed by atoms with E-state index in [0.717, 1.165) is 18.4 Å². The molecule has 1 aliphatic rings. The van der Waals surface area contributed by atoms with Gasteiger partial charge in [-0.15, -0.1) is 0 Å². The molecule has 0 fully saturated rings. The number of allylic oxidation sites excluding steroid dienone is 4. The van der Waals surface area contributed by atoms with Crippen LogP contribution in [0.4, 0.5) is 4.39 Å². The van der Waals surface area contributed by atoms with Gasteiger partial charge in [-0.05, 0) is 30.3 Å². The Morgan fingerprint density at radius 3 is 2.31 bits per heavy atom. The Morgan fingerprint density at radius 1 is 1.23 bits per heavy atom. The molecule has 0 nitrogen and oxygen atoms in total. The van der Waals surface area contributed by atoms with Gasteiger partial charge in [0, 0.05) is 0 Å². The van der Waals surface area contributed by atoms with E-state index in [1.165, 1.54) is 5.57 Å². The fourth-order valence-corrected chi connectivity index (χ4v) is 2.02. The largest absolute Gasteiger partial charge is 0.246 e. The Balaban J connectivity index is 2.82. The Bertz CT molecular complexity index is 201. The second-order valence-electron chi connectivity index (χ2n) is 3.86. The lowest BCUT2D eigenvalue weighted by Crippen LogP contribution is -2.12. The zero-order valence-electron chi connectivity index (χ0n) is 8.81. The van der Waals surface area contributed by atoms with Crippen molar-refractivity contribution < 1.29 is 4.39 Å². The van der Waals surface area contributed by atoms with Gasteiger partial charge < -0.3 is 0 Å². The van der Waals surface area contributed by atoms with Gasteiger partial charge in [-0.3, -0.25) is 0 Å². The molecule has 0 aromatic carbocycles.